The van der Waals surface area contributed by atoms with Crippen LogP contribution in [-0.2, 0) is 19.1 Å². The van der Waals surface area contributed by atoms with Crippen molar-refractivity contribution in [2.75, 3.05) is 41.8 Å². The number of methoxy groups -OCH3 is 4. The molecule has 3 aliphatic rings. The van der Waals surface area contributed by atoms with Gasteiger partial charge < -0.3 is 33.2 Å². The van der Waals surface area contributed by atoms with Gasteiger partial charge in [0.1, 0.15) is 0 Å². The summed E-state index contributed by atoms with van der Waals surface area (Å²) < 4.78 is 38.4. The van der Waals surface area contributed by atoms with Crippen molar-refractivity contribution in [1.29, 1.82) is 0 Å². The van der Waals surface area contributed by atoms with Gasteiger partial charge in [-0.25, -0.2) is 0 Å². The zero-order valence-electron chi connectivity index (χ0n) is 18.7. The van der Waals surface area contributed by atoms with Crippen LogP contribution in [0.2, 0.25) is 0 Å². The molecule has 0 amide bonds. The number of benzene rings is 2. The SMILES string of the molecule is COC(=O)[C@@H]1[C@H](c2cc(OC)c(OC)c(OC)c2)c2cc3c(cc2[C@@H]2C(=O)OC[C@@H]12)OCO3. The number of carbonyl (C=O) groups is 2. The summed E-state index contributed by atoms with van der Waals surface area (Å²) in [5.41, 5.74) is 2.27. The van der Waals surface area contributed by atoms with E-state index in [-0.39, 0.29) is 19.4 Å². The van der Waals surface area contributed by atoms with E-state index in [0.29, 0.717) is 28.7 Å². The van der Waals surface area contributed by atoms with Gasteiger partial charge in [0, 0.05) is 11.8 Å². The molecule has 9 nitrogen and oxygen atoms in total. The van der Waals surface area contributed by atoms with E-state index in [0.717, 1.165) is 16.7 Å². The van der Waals surface area contributed by atoms with Gasteiger partial charge in [-0.15, -0.1) is 0 Å². The molecule has 33 heavy (non-hydrogen) atoms. The van der Waals surface area contributed by atoms with Gasteiger partial charge in [0.2, 0.25) is 12.5 Å². The highest BCUT2D eigenvalue weighted by Crippen LogP contribution is 2.56. The minimum absolute atomic E-state index is 0.0893. The molecule has 174 valence electrons. The van der Waals surface area contributed by atoms with Crippen molar-refractivity contribution in [1.82, 2.24) is 0 Å². The molecule has 0 bridgehead atoms. The first kappa shape index (κ1) is 21.2. The lowest BCUT2D eigenvalue weighted by atomic mass is 9.62. The van der Waals surface area contributed by atoms with Gasteiger partial charge in [-0.05, 0) is 41.0 Å². The molecule has 9 heteroatoms. The molecule has 1 saturated heterocycles. The van der Waals surface area contributed by atoms with Crippen LogP contribution in [-0.4, -0.2) is 53.8 Å². The van der Waals surface area contributed by atoms with Crippen molar-refractivity contribution in [3.05, 3.63) is 41.0 Å². The van der Waals surface area contributed by atoms with Crippen LogP contribution in [0.4, 0.5) is 0 Å². The average Bonchev–Trinajstić information content (AvgIpc) is 3.46. The van der Waals surface area contributed by atoms with E-state index in [4.69, 9.17) is 33.2 Å². The van der Waals surface area contributed by atoms with Crippen LogP contribution < -0.4 is 23.7 Å². The molecular formula is C24H24O9. The molecule has 2 aliphatic heterocycles. The van der Waals surface area contributed by atoms with E-state index < -0.39 is 29.6 Å². The van der Waals surface area contributed by atoms with E-state index in [2.05, 4.69) is 0 Å². The number of esters is 2. The summed E-state index contributed by atoms with van der Waals surface area (Å²) in [5.74, 6) is -0.475. The van der Waals surface area contributed by atoms with E-state index in [1.807, 2.05) is 24.3 Å². The van der Waals surface area contributed by atoms with Crippen LogP contribution in [0.25, 0.3) is 0 Å². The van der Waals surface area contributed by atoms with Gasteiger partial charge in [0.05, 0.1) is 46.9 Å². The van der Waals surface area contributed by atoms with Crippen LogP contribution >= 0.6 is 0 Å². The first-order valence-electron chi connectivity index (χ1n) is 10.5. The van der Waals surface area contributed by atoms with Crippen LogP contribution in [0.5, 0.6) is 28.7 Å². The summed E-state index contributed by atoms with van der Waals surface area (Å²) in [5, 5.41) is 0. The topological polar surface area (TPSA) is 98.8 Å². The Morgan fingerprint density at radius 3 is 2.00 bits per heavy atom. The van der Waals surface area contributed by atoms with Crippen LogP contribution in [0.1, 0.15) is 28.5 Å². The van der Waals surface area contributed by atoms with Gasteiger partial charge >= 0.3 is 11.9 Å². The number of fused-ring (bicyclic) bond motifs is 4. The van der Waals surface area contributed by atoms with Crippen molar-refractivity contribution in [3.8, 4) is 28.7 Å². The molecule has 4 atom stereocenters. The second kappa shape index (κ2) is 8.06. The fraction of sp³-hybridized carbons (Fsp3) is 0.417. The molecule has 2 heterocycles. The Morgan fingerprint density at radius 1 is 0.848 bits per heavy atom. The Labute approximate surface area is 190 Å². The Balaban J connectivity index is 1.78. The number of hydrogen-bond acceptors (Lipinski definition) is 9. The summed E-state index contributed by atoms with van der Waals surface area (Å²) in [6.07, 6.45) is 0. The van der Waals surface area contributed by atoms with Gasteiger partial charge in [-0.1, -0.05) is 0 Å². The first-order chi connectivity index (χ1) is 16.0. The largest absolute Gasteiger partial charge is 0.493 e. The van der Waals surface area contributed by atoms with Gasteiger partial charge in [-0.2, -0.15) is 0 Å². The fourth-order valence-corrected chi connectivity index (χ4v) is 5.28. The zero-order chi connectivity index (χ0) is 23.3. The quantitative estimate of drug-likeness (QED) is 0.629. The molecule has 0 unspecified atom stereocenters. The molecule has 0 saturated carbocycles. The maximum absolute atomic E-state index is 13.1. The predicted molar refractivity (Wildman–Crippen MR) is 113 cm³/mol. The molecular weight excluding hydrogens is 432 g/mol. The van der Waals surface area contributed by atoms with Gasteiger partial charge in [0.15, 0.2) is 23.0 Å². The number of hydrogen-bond donors (Lipinski definition) is 0. The van der Waals surface area contributed by atoms with Gasteiger partial charge in [-0.3, -0.25) is 9.59 Å². The van der Waals surface area contributed by atoms with Crippen LogP contribution in [0, 0.1) is 11.8 Å². The second-order valence-corrected chi connectivity index (χ2v) is 8.09. The van der Waals surface area contributed by atoms with Crippen molar-refractivity contribution in [2.45, 2.75) is 11.8 Å². The predicted octanol–water partition coefficient (Wildman–Crippen LogP) is 2.63. The lowest BCUT2D eigenvalue weighted by Crippen LogP contribution is -2.39. The monoisotopic (exact) mass is 456 g/mol. The third kappa shape index (κ3) is 3.13. The van der Waals surface area contributed by atoms with Crippen molar-refractivity contribution in [2.24, 2.45) is 11.8 Å². The fourth-order valence-electron chi connectivity index (χ4n) is 5.28. The van der Waals surface area contributed by atoms with E-state index in [1.54, 1.807) is 0 Å². The highest BCUT2D eigenvalue weighted by molar-refractivity contribution is 5.86. The molecule has 1 aliphatic carbocycles. The summed E-state index contributed by atoms with van der Waals surface area (Å²) in [7, 11) is 5.94. The normalized spacial score (nSPS) is 24.4. The number of cyclic esters (lactones) is 1. The van der Waals surface area contributed by atoms with Gasteiger partial charge in [0.25, 0.3) is 0 Å². The van der Waals surface area contributed by atoms with Crippen molar-refractivity contribution >= 4 is 11.9 Å². The first-order valence-corrected chi connectivity index (χ1v) is 10.5. The minimum Gasteiger partial charge on any atom is -0.493 e. The van der Waals surface area contributed by atoms with E-state index in [1.165, 1.54) is 28.4 Å². The molecule has 0 aromatic heterocycles. The minimum atomic E-state index is -0.679. The van der Waals surface area contributed by atoms with Crippen LogP contribution in [0.3, 0.4) is 0 Å². The molecule has 2 aromatic rings. The third-order valence-electron chi connectivity index (χ3n) is 6.69. The number of carbonyl (C=O) groups excluding carboxylic acids is 2. The standard InChI is InChI=1S/C24H24O9/c1-27-17-5-11(6-18(28-2)22(17)29-3)19-12-7-15-16(33-10-32-15)8-13(12)20-14(9-31-24(20)26)21(19)23(25)30-4/h5-8,14,19-21H,9-10H2,1-4H3/t14-,19-,20+,21+/m1/s1. The van der Waals surface area contributed by atoms with Crippen molar-refractivity contribution in [3.63, 3.8) is 0 Å². The molecule has 2 aromatic carbocycles. The van der Waals surface area contributed by atoms with E-state index >= 15 is 0 Å². The second-order valence-electron chi connectivity index (χ2n) is 8.09. The molecule has 0 spiro atoms. The Kier molecular flexibility index (Phi) is 5.19. The smallest absolute Gasteiger partial charge is 0.313 e. The van der Waals surface area contributed by atoms with E-state index in [9.17, 15) is 9.59 Å². The summed E-state index contributed by atoms with van der Waals surface area (Å²) in [6, 6.07) is 7.28. The van der Waals surface area contributed by atoms with Crippen molar-refractivity contribution < 1.29 is 42.7 Å². The molecule has 5 rings (SSSR count). The molecule has 0 N–H and O–H groups in total. The summed E-state index contributed by atoms with van der Waals surface area (Å²) >= 11 is 0. The molecule has 1 fully saturated rings. The summed E-state index contributed by atoms with van der Waals surface area (Å²) in [4.78, 5) is 25.9. The lowest BCUT2D eigenvalue weighted by molar-refractivity contribution is -0.148. The Hall–Kier alpha value is -3.62. The summed E-state index contributed by atoms with van der Waals surface area (Å²) in [6.45, 7) is 0.212. The zero-order valence-corrected chi connectivity index (χ0v) is 18.7. The highest BCUT2D eigenvalue weighted by Gasteiger charge is 2.54. The average molecular weight is 456 g/mol. The Bertz CT molecular complexity index is 1100. The Morgan fingerprint density at radius 2 is 1.45 bits per heavy atom. The highest BCUT2D eigenvalue weighted by atomic mass is 16.7. The maximum Gasteiger partial charge on any atom is 0.313 e. The lowest BCUT2D eigenvalue weighted by Gasteiger charge is -2.38. The maximum atomic E-state index is 13.1. The number of rotatable bonds is 5. The van der Waals surface area contributed by atoms with Crippen LogP contribution in [0.15, 0.2) is 24.3 Å². The third-order valence-corrected chi connectivity index (χ3v) is 6.69. The molecule has 0 radical (unpaired) electrons. The number of ether oxygens (including phenoxy) is 7.